The number of carboxylic acid groups (broad SMARTS) is 1. The molecule has 1 saturated heterocycles. The van der Waals surface area contributed by atoms with Crippen molar-refractivity contribution >= 4 is 17.7 Å². The van der Waals surface area contributed by atoms with Crippen LogP contribution in [-0.2, 0) is 4.79 Å². The second-order valence-corrected chi connectivity index (χ2v) is 6.33. The van der Waals surface area contributed by atoms with E-state index in [-0.39, 0.29) is 11.6 Å². The maximum absolute atomic E-state index is 12.6. The summed E-state index contributed by atoms with van der Waals surface area (Å²) < 4.78 is 0. The van der Waals surface area contributed by atoms with Crippen molar-refractivity contribution in [2.24, 2.45) is 5.92 Å². The first-order valence-electron chi connectivity index (χ1n) is 8.39. The average molecular weight is 317 g/mol. The van der Waals surface area contributed by atoms with Gasteiger partial charge in [-0.3, -0.25) is 4.79 Å². The van der Waals surface area contributed by atoms with Gasteiger partial charge >= 0.3 is 5.97 Å². The number of carboxylic acids is 1. The van der Waals surface area contributed by atoms with Crippen LogP contribution in [0.1, 0.15) is 42.6 Å². The third-order valence-corrected chi connectivity index (χ3v) is 4.82. The van der Waals surface area contributed by atoms with Crippen LogP contribution in [0.2, 0.25) is 0 Å². The summed E-state index contributed by atoms with van der Waals surface area (Å²) in [6.45, 7) is 2.78. The van der Waals surface area contributed by atoms with Gasteiger partial charge in [-0.2, -0.15) is 0 Å². The van der Waals surface area contributed by atoms with Gasteiger partial charge in [-0.25, -0.2) is 9.78 Å². The number of pyridine rings is 1. The van der Waals surface area contributed by atoms with Crippen LogP contribution >= 0.6 is 0 Å². The van der Waals surface area contributed by atoms with Crippen LogP contribution in [0.4, 0.5) is 5.82 Å². The Morgan fingerprint density at radius 1 is 1.04 bits per heavy atom. The fourth-order valence-electron chi connectivity index (χ4n) is 3.48. The first-order chi connectivity index (χ1) is 11.1. The molecule has 1 aromatic rings. The van der Waals surface area contributed by atoms with Gasteiger partial charge in [0.2, 0.25) is 5.91 Å². The lowest BCUT2D eigenvalue weighted by molar-refractivity contribution is -0.136. The minimum atomic E-state index is -1.02. The Labute approximate surface area is 136 Å². The molecule has 0 spiro atoms. The number of carbonyl (C=O) groups is 2. The summed E-state index contributed by atoms with van der Waals surface area (Å²) in [4.78, 5) is 31.8. The van der Waals surface area contributed by atoms with Crippen molar-refractivity contribution in [3.8, 4) is 0 Å². The summed E-state index contributed by atoms with van der Waals surface area (Å²) in [5, 5.41) is 9.03. The van der Waals surface area contributed by atoms with Gasteiger partial charge < -0.3 is 14.9 Å². The molecule has 0 aromatic carbocycles. The second-order valence-electron chi connectivity index (χ2n) is 6.33. The van der Waals surface area contributed by atoms with Crippen molar-refractivity contribution in [3.63, 3.8) is 0 Å². The molecule has 1 aromatic heterocycles. The zero-order valence-electron chi connectivity index (χ0n) is 13.3. The minimum Gasteiger partial charge on any atom is -0.477 e. The molecular formula is C17H23N3O3. The molecule has 0 radical (unpaired) electrons. The fraction of sp³-hybridized carbons (Fsp3) is 0.588. The number of hydrogen-bond acceptors (Lipinski definition) is 4. The van der Waals surface area contributed by atoms with Crippen molar-refractivity contribution in [1.29, 1.82) is 0 Å². The van der Waals surface area contributed by atoms with Gasteiger partial charge in [-0.05, 0) is 25.0 Å². The monoisotopic (exact) mass is 317 g/mol. The molecular weight excluding hydrogens is 294 g/mol. The lowest BCUT2D eigenvalue weighted by Gasteiger charge is -2.37. The number of rotatable bonds is 3. The molecule has 23 heavy (non-hydrogen) atoms. The number of hydrogen-bond donors (Lipinski definition) is 1. The normalized spacial score (nSPS) is 19.7. The zero-order valence-corrected chi connectivity index (χ0v) is 13.3. The highest BCUT2D eigenvalue weighted by atomic mass is 16.4. The SMILES string of the molecule is O=C(O)c1cccc(N2CCN(C(=O)C3CCCCC3)CC2)n1. The summed E-state index contributed by atoms with van der Waals surface area (Å²) in [6.07, 6.45) is 5.65. The van der Waals surface area contributed by atoms with Crippen molar-refractivity contribution in [2.45, 2.75) is 32.1 Å². The number of carbonyl (C=O) groups excluding carboxylic acids is 1. The molecule has 3 rings (SSSR count). The first-order valence-corrected chi connectivity index (χ1v) is 8.39. The molecule has 0 atom stereocenters. The Hall–Kier alpha value is -2.11. The molecule has 124 valence electrons. The molecule has 2 heterocycles. The largest absolute Gasteiger partial charge is 0.477 e. The van der Waals surface area contributed by atoms with E-state index in [9.17, 15) is 9.59 Å². The summed E-state index contributed by atoms with van der Waals surface area (Å²) in [5.74, 6) is 0.174. The first kappa shape index (κ1) is 15.8. The van der Waals surface area contributed by atoms with Gasteiger partial charge in [0.05, 0.1) is 0 Å². The van der Waals surface area contributed by atoms with Crippen LogP contribution in [0, 0.1) is 5.92 Å². The molecule has 1 aliphatic carbocycles. The van der Waals surface area contributed by atoms with E-state index in [0.29, 0.717) is 37.9 Å². The van der Waals surface area contributed by atoms with Crippen LogP contribution in [0.5, 0.6) is 0 Å². The molecule has 6 nitrogen and oxygen atoms in total. The van der Waals surface area contributed by atoms with Gasteiger partial charge in [-0.1, -0.05) is 25.3 Å². The Morgan fingerprint density at radius 3 is 2.39 bits per heavy atom. The maximum atomic E-state index is 12.6. The molecule has 0 unspecified atom stereocenters. The Morgan fingerprint density at radius 2 is 1.74 bits per heavy atom. The van der Waals surface area contributed by atoms with Gasteiger partial charge in [0.25, 0.3) is 0 Å². The lowest BCUT2D eigenvalue weighted by Crippen LogP contribution is -2.50. The van der Waals surface area contributed by atoms with E-state index in [1.807, 2.05) is 11.0 Å². The van der Waals surface area contributed by atoms with E-state index in [2.05, 4.69) is 9.88 Å². The predicted octanol–water partition coefficient (Wildman–Crippen LogP) is 2.01. The number of piperazine rings is 1. The quantitative estimate of drug-likeness (QED) is 0.923. The highest BCUT2D eigenvalue weighted by Crippen LogP contribution is 2.26. The van der Waals surface area contributed by atoms with Crippen LogP contribution in [-0.4, -0.2) is 53.0 Å². The van der Waals surface area contributed by atoms with Crippen LogP contribution < -0.4 is 4.90 Å². The van der Waals surface area contributed by atoms with E-state index >= 15 is 0 Å². The molecule has 0 bridgehead atoms. The van der Waals surface area contributed by atoms with Crippen molar-refractivity contribution in [3.05, 3.63) is 23.9 Å². The van der Waals surface area contributed by atoms with Gasteiger partial charge in [-0.15, -0.1) is 0 Å². The van der Waals surface area contributed by atoms with E-state index in [0.717, 1.165) is 12.8 Å². The van der Waals surface area contributed by atoms with Crippen LogP contribution in [0.3, 0.4) is 0 Å². The van der Waals surface area contributed by atoms with Gasteiger partial charge in [0.1, 0.15) is 5.82 Å². The predicted molar refractivity (Wildman–Crippen MR) is 86.6 cm³/mol. The number of aromatic carboxylic acids is 1. The van der Waals surface area contributed by atoms with Crippen molar-refractivity contribution in [1.82, 2.24) is 9.88 Å². The summed E-state index contributed by atoms with van der Waals surface area (Å²) in [6, 6.07) is 5.03. The Bertz CT molecular complexity index is 576. The lowest BCUT2D eigenvalue weighted by atomic mass is 9.88. The Kier molecular flexibility index (Phi) is 4.79. The topological polar surface area (TPSA) is 73.7 Å². The number of aromatic nitrogens is 1. The average Bonchev–Trinajstić information content (AvgIpc) is 2.62. The summed E-state index contributed by atoms with van der Waals surface area (Å²) >= 11 is 0. The fourth-order valence-corrected chi connectivity index (χ4v) is 3.48. The summed E-state index contributed by atoms with van der Waals surface area (Å²) in [7, 11) is 0. The van der Waals surface area contributed by atoms with Crippen molar-refractivity contribution < 1.29 is 14.7 Å². The molecule has 1 amide bonds. The smallest absolute Gasteiger partial charge is 0.354 e. The summed E-state index contributed by atoms with van der Waals surface area (Å²) in [5.41, 5.74) is 0.0585. The highest BCUT2D eigenvalue weighted by Gasteiger charge is 2.28. The zero-order chi connectivity index (χ0) is 16.2. The third-order valence-electron chi connectivity index (χ3n) is 4.82. The molecule has 1 aliphatic heterocycles. The highest BCUT2D eigenvalue weighted by molar-refractivity contribution is 5.85. The molecule has 2 fully saturated rings. The minimum absolute atomic E-state index is 0.0585. The van der Waals surface area contributed by atoms with Crippen molar-refractivity contribution in [2.75, 3.05) is 31.1 Å². The molecule has 1 N–H and O–H groups in total. The Balaban J connectivity index is 1.58. The molecule has 1 saturated carbocycles. The standard InChI is InChI=1S/C17H23N3O3/c21-16(13-5-2-1-3-6-13)20-11-9-19(10-12-20)15-8-4-7-14(18-15)17(22)23/h4,7-8,13H,1-3,5-6,9-12H2,(H,22,23). The van der Waals surface area contributed by atoms with E-state index < -0.39 is 5.97 Å². The molecule has 2 aliphatic rings. The third kappa shape index (κ3) is 3.63. The van der Waals surface area contributed by atoms with Crippen LogP contribution in [0.15, 0.2) is 18.2 Å². The van der Waals surface area contributed by atoms with Crippen LogP contribution in [0.25, 0.3) is 0 Å². The van der Waals surface area contributed by atoms with E-state index in [1.54, 1.807) is 6.07 Å². The van der Waals surface area contributed by atoms with E-state index in [4.69, 9.17) is 5.11 Å². The number of amides is 1. The number of nitrogens with zero attached hydrogens (tertiary/aromatic N) is 3. The van der Waals surface area contributed by atoms with E-state index in [1.165, 1.54) is 25.3 Å². The number of anilines is 1. The van der Waals surface area contributed by atoms with Gasteiger partial charge in [0, 0.05) is 32.1 Å². The van der Waals surface area contributed by atoms with Gasteiger partial charge in [0.15, 0.2) is 5.69 Å². The molecule has 6 heteroatoms. The maximum Gasteiger partial charge on any atom is 0.354 e. The second kappa shape index (κ2) is 6.98.